The highest BCUT2D eigenvalue weighted by atomic mass is 19.4. The molecule has 2 atom stereocenters. The van der Waals surface area contributed by atoms with Crippen LogP contribution in [0.5, 0.6) is 11.5 Å². The van der Waals surface area contributed by atoms with Crippen molar-refractivity contribution in [2.45, 2.75) is 31.6 Å². The summed E-state index contributed by atoms with van der Waals surface area (Å²) in [6.45, 7) is 1.71. The Morgan fingerprint density at radius 1 is 1.25 bits per heavy atom. The lowest BCUT2D eigenvalue weighted by atomic mass is 9.96. The van der Waals surface area contributed by atoms with Crippen molar-refractivity contribution in [2.75, 3.05) is 26.1 Å². The molecular weight excluding hydrogens is 379 g/mol. The number of benzene rings is 1. The van der Waals surface area contributed by atoms with Gasteiger partial charge in [0.2, 0.25) is 0 Å². The van der Waals surface area contributed by atoms with E-state index < -0.39 is 24.2 Å². The molecule has 0 radical (unpaired) electrons. The van der Waals surface area contributed by atoms with Gasteiger partial charge in [-0.3, -0.25) is 0 Å². The Morgan fingerprint density at radius 3 is 2.57 bits per heavy atom. The molecule has 0 aliphatic carbocycles. The lowest BCUT2D eigenvalue weighted by Gasteiger charge is -2.33. The van der Waals surface area contributed by atoms with Crippen LogP contribution in [-0.2, 0) is 4.74 Å². The van der Waals surface area contributed by atoms with Crippen molar-refractivity contribution in [1.29, 1.82) is 0 Å². The molecule has 0 bridgehead atoms. The number of nitrogens with one attached hydrogen (secondary N) is 1. The fourth-order valence-corrected chi connectivity index (χ4v) is 3.17. The van der Waals surface area contributed by atoms with Gasteiger partial charge in [0.15, 0.2) is 23.2 Å². The Bertz CT molecular complexity index is 866. The fourth-order valence-electron chi connectivity index (χ4n) is 3.17. The number of rotatable bonds is 5. The zero-order valence-electron chi connectivity index (χ0n) is 15.5. The summed E-state index contributed by atoms with van der Waals surface area (Å²) in [5, 5.41) is 6.84. The van der Waals surface area contributed by atoms with Crippen molar-refractivity contribution in [2.24, 2.45) is 0 Å². The van der Waals surface area contributed by atoms with Crippen LogP contribution in [-0.4, -0.2) is 42.8 Å². The van der Waals surface area contributed by atoms with Gasteiger partial charge in [0.05, 0.1) is 26.9 Å². The van der Waals surface area contributed by atoms with Gasteiger partial charge in [0, 0.05) is 12.5 Å². The van der Waals surface area contributed by atoms with Crippen LogP contribution in [0.3, 0.4) is 0 Å². The number of aromatic nitrogens is 2. The largest absolute Gasteiger partial charge is 0.493 e. The third-order valence-corrected chi connectivity index (χ3v) is 4.48. The fraction of sp³-hybridized carbons (Fsp3) is 0.444. The second-order valence-electron chi connectivity index (χ2n) is 6.18. The van der Waals surface area contributed by atoms with Crippen molar-refractivity contribution in [3.63, 3.8) is 0 Å². The Hall–Kier alpha value is -2.91. The number of carbonyl (C=O) groups excluding carboxylic acids is 1. The lowest BCUT2D eigenvalue weighted by Crippen LogP contribution is -2.35. The number of methoxy groups -OCH3 is 2. The smallest absolute Gasteiger partial charge is 0.410 e. The van der Waals surface area contributed by atoms with Gasteiger partial charge < -0.3 is 19.5 Å². The van der Waals surface area contributed by atoms with Gasteiger partial charge >= 0.3 is 12.1 Å². The van der Waals surface area contributed by atoms with Crippen molar-refractivity contribution < 1.29 is 32.2 Å². The van der Waals surface area contributed by atoms with Crippen LogP contribution in [0.25, 0.3) is 0 Å². The van der Waals surface area contributed by atoms with Gasteiger partial charge in [-0.1, -0.05) is 6.07 Å². The lowest BCUT2D eigenvalue weighted by molar-refractivity contribution is -0.173. The monoisotopic (exact) mass is 399 g/mol. The minimum Gasteiger partial charge on any atom is -0.493 e. The van der Waals surface area contributed by atoms with Gasteiger partial charge in [-0.15, -0.1) is 0 Å². The second kappa shape index (κ2) is 7.61. The Morgan fingerprint density at radius 2 is 1.96 bits per heavy atom. The molecule has 0 fully saturated rings. The molecule has 10 heteroatoms. The Balaban J connectivity index is 1.99. The third-order valence-electron chi connectivity index (χ3n) is 4.48. The van der Waals surface area contributed by atoms with Crippen molar-refractivity contribution >= 4 is 11.8 Å². The summed E-state index contributed by atoms with van der Waals surface area (Å²) in [6.07, 6.45) is -4.83. The number of esters is 1. The van der Waals surface area contributed by atoms with Crippen molar-refractivity contribution in [3.8, 4) is 11.5 Å². The molecule has 1 aromatic heterocycles. The van der Waals surface area contributed by atoms with Gasteiger partial charge in [-0.25, -0.2) is 9.48 Å². The highest BCUT2D eigenvalue weighted by molar-refractivity contribution is 5.88. The first-order valence-corrected chi connectivity index (χ1v) is 8.60. The van der Waals surface area contributed by atoms with Crippen LogP contribution >= 0.6 is 0 Å². The number of carbonyl (C=O) groups is 1. The molecular formula is C18H20F3N3O4. The maximum atomic E-state index is 13.7. The average molecular weight is 399 g/mol. The molecule has 1 aliphatic rings. The molecule has 0 saturated heterocycles. The SMILES string of the molecule is CCOC(=O)c1cc2n(n1)C(C(F)(F)F)CC(c1ccc(OC)c(OC)c1)N2. The summed E-state index contributed by atoms with van der Waals surface area (Å²) in [6, 6.07) is 3.65. The summed E-state index contributed by atoms with van der Waals surface area (Å²) in [4.78, 5) is 11.9. The minimum absolute atomic E-state index is 0.0939. The van der Waals surface area contributed by atoms with Crippen LogP contribution in [0.1, 0.15) is 41.5 Å². The number of anilines is 1. The van der Waals surface area contributed by atoms with Gasteiger partial charge in [0.25, 0.3) is 0 Å². The first-order chi connectivity index (χ1) is 13.3. The summed E-state index contributed by atoms with van der Waals surface area (Å²) in [5.41, 5.74) is 0.420. The summed E-state index contributed by atoms with van der Waals surface area (Å²) < 4.78 is 57.1. The van der Waals surface area contributed by atoms with E-state index in [0.717, 1.165) is 4.68 Å². The van der Waals surface area contributed by atoms with E-state index in [1.807, 2.05) is 0 Å². The normalized spacial score (nSPS) is 18.8. The first-order valence-electron chi connectivity index (χ1n) is 8.60. The van der Waals surface area contributed by atoms with Crippen LogP contribution < -0.4 is 14.8 Å². The maximum absolute atomic E-state index is 13.7. The van der Waals surface area contributed by atoms with Crippen LogP contribution in [0.2, 0.25) is 0 Å². The van der Waals surface area contributed by atoms with E-state index in [-0.39, 0.29) is 24.5 Å². The first kappa shape index (κ1) is 19.8. The predicted molar refractivity (Wildman–Crippen MR) is 93.8 cm³/mol. The average Bonchev–Trinajstić information content (AvgIpc) is 3.10. The summed E-state index contributed by atoms with van der Waals surface area (Å²) >= 11 is 0. The number of alkyl halides is 3. The van der Waals surface area contributed by atoms with Crippen LogP contribution in [0, 0.1) is 0 Å². The van der Waals surface area contributed by atoms with Crippen molar-refractivity contribution in [1.82, 2.24) is 9.78 Å². The highest BCUT2D eigenvalue weighted by Crippen LogP contribution is 2.44. The molecule has 0 saturated carbocycles. The number of ether oxygens (including phenoxy) is 3. The van der Waals surface area contributed by atoms with E-state index in [4.69, 9.17) is 14.2 Å². The summed E-state index contributed by atoms with van der Waals surface area (Å²) in [5.74, 6) is 0.215. The maximum Gasteiger partial charge on any atom is 0.410 e. The Kier molecular flexibility index (Phi) is 5.39. The number of hydrogen-bond acceptors (Lipinski definition) is 6. The summed E-state index contributed by atoms with van der Waals surface area (Å²) in [7, 11) is 2.93. The standard InChI is InChI=1S/C18H20F3N3O4/c1-4-28-17(25)12-9-16-22-11(8-15(18(19,20)21)24(16)23-12)10-5-6-13(26-2)14(7-10)27-3/h5-7,9,11,15,22H,4,8H2,1-3H3. The quantitative estimate of drug-likeness (QED) is 0.773. The van der Waals surface area contributed by atoms with E-state index in [1.54, 1.807) is 25.1 Å². The zero-order chi connectivity index (χ0) is 20.5. The molecule has 152 valence electrons. The van der Waals surface area contributed by atoms with Crippen LogP contribution in [0.15, 0.2) is 24.3 Å². The molecule has 2 unspecified atom stereocenters. The van der Waals surface area contributed by atoms with E-state index >= 15 is 0 Å². The molecule has 2 aromatic rings. The topological polar surface area (TPSA) is 74.6 Å². The molecule has 7 nitrogen and oxygen atoms in total. The molecule has 1 aliphatic heterocycles. The predicted octanol–water partition coefficient (Wildman–Crippen LogP) is 3.74. The molecule has 2 heterocycles. The highest BCUT2D eigenvalue weighted by Gasteiger charge is 2.47. The Labute approximate surface area is 159 Å². The molecule has 1 aromatic carbocycles. The molecule has 28 heavy (non-hydrogen) atoms. The van der Waals surface area contributed by atoms with E-state index in [2.05, 4.69) is 10.4 Å². The number of nitrogens with zero attached hydrogens (tertiary/aromatic N) is 2. The second-order valence-corrected chi connectivity index (χ2v) is 6.18. The van der Waals surface area contributed by atoms with Crippen molar-refractivity contribution in [3.05, 3.63) is 35.5 Å². The zero-order valence-corrected chi connectivity index (χ0v) is 15.5. The van der Waals surface area contributed by atoms with Crippen LogP contribution in [0.4, 0.5) is 19.0 Å². The molecule has 0 spiro atoms. The van der Waals surface area contributed by atoms with Gasteiger partial charge in [-0.05, 0) is 24.6 Å². The molecule has 1 N–H and O–H groups in total. The number of fused-ring (bicyclic) bond motifs is 1. The van der Waals surface area contributed by atoms with E-state index in [0.29, 0.717) is 17.1 Å². The van der Waals surface area contributed by atoms with Gasteiger partial charge in [0.1, 0.15) is 5.82 Å². The van der Waals surface area contributed by atoms with Gasteiger partial charge in [-0.2, -0.15) is 18.3 Å². The van der Waals surface area contributed by atoms with E-state index in [9.17, 15) is 18.0 Å². The number of hydrogen-bond donors (Lipinski definition) is 1. The molecule has 3 rings (SSSR count). The minimum atomic E-state index is -4.54. The molecule has 0 amide bonds. The number of halogens is 3. The van der Waals surface area contributed by atoms with E-state index in [1.165, 1.54) is 20.3 Å². The third kappa shape index (κ3) is 3.71.